The third kappa shape index (κ3) is 3.04. The number of ether oxygens (including phenoxy) is 2. The second kappa shape index (κ2) is 7.08. The zero-order chi connectivity index (χ0) is 25.1. The van der Waals surface area contributed by atoms with Crippen LogP contribution in [0.3, 0.4) is 0 Å². The van der Waals surface area contributed by atoms with Crippen molar-refractivity contribution in [3.8, 4) is 0 Å². The summed E-state index contributed by atoms with van der Waals surface area (Å²) in [5, 5.41) is 0. The predicted octanol–water partition coefficient (Wildman–Crippen LogP) is 5.06. The van der Waals surface area contributed by atoms with E-state index in [9.17, 15) is 9.59 Å². The van der Waals surface area contributed by atoms with Gasteiger partial charge in [0.2, 0.25) is 0 Å². The molecule has 5 fully saturated rings. The maximum Gasteiger partial charge on any atom is 0.312 e. The zero-order valence-corrected chi connectivity index (χ0v) is 24.2. The molecule has 1 aliphatic heterocycles. The van der Waals surface area contributed by atoms with E-state index in [1.54, 1.807) is 0 Å². The van der Waals surface area contributed by atoms with Crippen LogP contribution in [0, 0.1) is 28.6 Å². The molecule has 6 nitrogen and oxygen atoms in total. The van der Waals surface area contributed by atoms with Gasteiger partial charge in [0.15, 0.2) is 16.6 Å². The fourth-order valence-corrected chi connectivity index (χ4v) is 11.7. The lowest BCUT2D eigenvalue weighted by Crippen LogP contribution is -2.59. The number of carbonyl (C=O) groups excluding carboxylic acids is 2. The molecule has 1 saturated heterocycles. The van der Waals surface area contributed by atoms with Crippen molar-refractivity contribution in [1.29, 1.82) is 0 Å². The zero-order valence-electron chi connectivity index (χ0n) is 22.2. The topological polar surface area (TPSA) is 71.1 Å². The molecular formula is C26H42O6Si2. The van der Waals surface area contributed by atoms with Crippen molar-refractivity contribution in [2.24, 2.45) is 28.6 Å². The van der Waals surface area contributed by atoms with E-state index in [2.05, 4.69) is 45.9 Å². The minimum absolute atomic E-state index is 0.0409. The predicted molar refractivity (Wildman–Crippen MR) is 134 cm³/mol. The molecule has 4 aliphatic carbocycles. The van der Waals surface area contributed by atoms with E-state index in [4.69, 9.17) is 18.3 Å². The highest BCUT2D eigenvalue weighted by Crippen LogP contribution is 2.79. The first kappa shape index (κ1) is 24.7. The smallest absolute Gasteiger partial charge is 0.312 e. The summed E-state index contributed by atoms with van der Waals surface area (Å²) in [5.41, 5.74) is -1.14. The Morgan fingerprint density at radius 1 is 1.09 bits per heavy atom. The fourth-order valence-electron chi connectivity index (χ4n) is 9.00. The van der Waals surface area contributed by atoms with E-state index in [0.29, 0.717) is 6.42 Å². The standard InChI is InChI=1S/C26H42O6Si2/c1-16-14-24-15-25(16,32-34(7,8)9)13-10-17(24)26-18(31-33(4,5)6)11-12-23(2,22(28)30-26)20(26)19(24)21(27)29-3/h17-20H,1,10-15H2,2-9H3/t17-,18-,19-,20-,23?,24+,25+,26+/m1/s1. The molecule has 0 amide bonds. The average Bonchev–Trinajstić information content (AvgIpc) is 3.12. The highest BCUT2D eigenvalue weighted by molar-refractivity contribution is 6.70. The monoisotopic (exact) mass is 506 g/mol. The minimum Gasteiger partial charge on any atom is -0.469 e. The van der Waals surface area contributed by atoms with Gasteiger partial charge in [-0.05, 0) is 95.7 Å². The van der Waals surface area contributed by atoms with Crippen LogP contribution in [0.2, 0.25) is 39.3 Å². The number of carbonyl (C=O) groups is 2. The van der Waals surface area contributed by atoms with Crippen LogP contribution in [0.4, 0.5) is 0 Å². The first-order chi connectivity index (χ1) is 15.5. The molecule has 190 valence electrons. The maximum atomic E-state index is 13.7. The Kier molecular flexibility index (Phi) is 5.14. The van der Waals surface area contributed by atoms with Crippen molar-refractivity contribution >= 4 is 28.6 Å². The van der Waals surface area contributed by atoms with E-state index in [1.165, 1.54) is 7.11 Å². The fraction of sp³-hybridized carbons (Fsp3) is 0.846. The molecule has 0 N–H and O–H groups in total. The summed E-state index contributed by atoms with van der Waals surface area (Å²) in [6.45, 7) is 19.8. The van der Waals surface area contributed by atoms with Crippen molar-refractivity contribution in [1.82, 2.24) is 0 Å². The quantitative estimate of drug-likeness (QED) is 0.295. The van der Waals surface area contributed by atoms with Crippen LogP contribution in [0.1, 0.15) is 45.4 Å². The van der Waals surface area contributed by atoms with Gasteiger partial charge in [0.25, 0.3) is 0 Å². The van der Waals surface area contributed by atoms with E-state index >= 15 is 0 Å². The summed E-state index contributed by atoms with van der Waals surface area (Å²) in [6, 6.07) is 0. The Balaban J connectivity index is 1.70. The van der Waals surface area contributed by atoms with Gasteiger partial charge in [-0.2, -0.15) is 0 Å². The Bertz CT molecular complexity index is 952. The van der Waals surface area contributed by atoms with Gasteiger partial charge in [0.1, 0.15) is 5.60 Å². The third-order valence-electron chi connectivity index (χ3n) is 9.62. The molecule has 1 unspecified atom stereocenters. The minimum atomic E-state index is -1.94. The normalized spacial score (nSPS) is 47.3. The lowest BCUT2D eigenvalue weighted by Gasteiger charge is -2.51. The maximum absolute atomic E-state index is 13.7. The summed E-state index contributed by atoms with van der Waals surface area (Å²) in [4.78, 5) is 27.2. The van der Waals surface area contributed by atoms with E-state index in [0.717, 1.165) is 37.7 Å². The molecule has 4 saturated carbocycles. The van der Waals surface area contributed by atoms with Crippen LogP contribution in [-0.4, -0.2) is 53.0 Å². The highest BCUT2D eigenvalue weighted by atomic mass is 28.4. The number of fused-ring (bicyclic) bond motifs is 1. The number of methoxy groups -OCH3 is 1. The van der Waals surface area contributed by atoms with Gasteiger partial charge in [-0.3, -0.25) is 9.59 Å². The van der Waals surface area contributed by atoms with Gasteiger partial charge < -0.3 is 18.3 Å². The molecule has 4 bridgehead atoms. The molecular weight excluding hydrogens is 464 g/mol. The van der Waals surface area contributed by atoms with Gasteiger partial charge in [-0.15, -0.1) is 0 Å². The Labute approximate surface area is 206 Å². The van der Waals surface area contributed by atoms with Gasteiger partial charge >= 0.3 is 11.9 Å². The molecule has 1 spiro atoms. The molecule has 5 aliphatic rings. The van der Waals surface area contributed by atoms with Crippen LogP contribution in [0.5, 0.6) is 0 Å². The first-order valence-electron chi connectivity index (χ1n) is 12.9. The van der Waals surface area contributed by atoms with E-state index in [1.807, 2.05) is 6.92 Å². The number of rotatable bonds is 5. The summed E-state index contributed by atoms with van der Waals surface area (Å²) < 4.78 is 25.7. The SMILES string of the molecule is C=C1C[C@]23C[C@@]1(O[Si](C)(C)C)CC[C@H]2[C@]12OC(=O)C(C)(CC[C@H]1O[Si](C)(C)C)[C@H]2[C@@H]3C(=O)OC. The summed E-state index contributed by atoms with van der Waals surface area (Å²) >= 11 is 0. The number of esters is 2. The van der Waals surface area contributed by atoms with Gasteiger partial charge in [0, 0.05) is 11.8 Å². The second-order valence-corrected chi connectivity index (χ2v) is 22.8. The van der Waals surface area contributed by atoms with Gasteiger partial charge in [-0.1, -0.05) is 6.58 Å². The van der Waals surface area contributed by atoms with Crippen molar-refractivity contribution in [3.05, 3.63) is 12.2 Å². The van der Waals surface area contributed by atoms with Crippen molar-refractivity contribution in [2.75, 3.05) is 7.11 Å². The largest absolute Gasteiger partial charge is 0.469 e. The molecule has 1 heterocycles. The molecule has 0 aromatic carbocycles. The lowest BCUT2D eigenvalue weighted by molar-refractivity contribution is -0.174. The lowest BCUT2D eigenvalue weighted by atomic mass is 9.59. The molecule has 0 radical (unpaired) electrons. The summed E-state index contributed by atoms with van der Waals surface area (Å²) in [5.74, 6) is -0.993. The summed E-state index contributed by atoms with van der Waals surface area (Å²) in [6.07, 6.45) is 4.50. The molecule has 34 heavy (non-hydrogen) atoms. The van der Waals surface area contributed by atoms with E-state index in [-0.39, 0.29) is 35.3 Å². The van der Waals surface area contributed by atoms with Crippen LogP contribution in [0.15, 0.2) is 12.2 Å². The first-order valence-corrected chi connectivity index (χ1v) is 19.7. The van der Waals surface area contributed by atoms with Gasteiger partial charge in [-0.25, -0.2) is 0 Å². The molecule has 5 rings (SSSR count). The molecule has 0 aromatic heterocycles. The van der Waals surface area contributed by atoms with Crippen molar-refractivity contribution < 1.29 is 27.9 Å². The van der Waals surface area contributed by atoms with Crippen LogP contribution in [-0.2, 0) is 27.9 Å². The summed E-state index contributed by atoms with van der Waals surface area (Å²) in [7, 11) is -2.33. The van der Waals surface area contributed by atoms with Gasteiger partial charge in [0.05, 0.1) is 30.1 Å². The Morgan fingerprint density at radius 3 is 2.35 bits per heavy atom. The van der Waals surface area contributed by atoms with Crippen LogP contribution < -0.4 is 0 Å². The van der Waals surface area contributed by atoms with Crippen LogP contribution >= 0.6 is 0 Å². The number of hydrogen-bond donors (Lipinski definition) is 0. The molecule has 0 aromatic rings. The Morgan fingerprint density at radius 2 is 1.76 bits per heavy atom. The van der Waals surface area contributed by atoms with Crippen LogP contribution in [0.25, 0.3) is 0 Å². The van der Waals surface area contributed by atoms with Crippen molar-refractivity contribution in [3.63, 3.8) is 0 Å². The van der Waals surface area contributed by atoms with E-state index < -0.39 is 39.2 Å². The van der Waals surface area contributed by atoms with Crippen molar-refractivity contribution in [2.45, 2.75) is 102 Å². The highest BCUT2D eigenvalue weighted by Gasteiger charge is 2.85. The molecule has 8 atom stereocenters. The molecule has 8 heteroatoms. The average molecular weight is 507 g/mol. The Hall–Kier alpha value is -0.966. The second-order valence-electron chi connectivity index (χ2n) is 13.9. The third-order valence-corrected chi connectivity index (χ3v) is 11.6. The number of hydrogen-bond acceptors (Lipinski definition) is 6.